The Labute approximate surface area is 116 Å². The van der Waals surface area contributed by atoms with E-state index in [0.717, 1.165) is 6.42 Å². The van der Waals surface area contributed by atoms with E-state index in [1.54, 1.807) is 6.07 Å². The monoisotopic (exact) mass is 275 g/mol. The number of fused-ring (bicyclic) bond motifs is 1. The molecule has 1 aliphatic rings. The summed E-state index contributed by atoms with van der Waals surface area (Å²) in [6.07, 6.45) is 3.46. The molecule has 1 saturated carbocycles. The molecule has 0 spiro atoms. The Morgan fingerprint density at radius 3 is 2.95 bits per heavy atom. The first kappa shape index (κ1) is 12.9. The highest BCUT2D eigenvalue weighted by Crippen LogP contribution is 2.39. The van der Waals surface area contributed by atoms with Crippen LogP contribution in [0.2, 0.25) is 0 Å². The summed E-state index contributed by atoms with van der Waals surface area (Å²) in [5, 5.41) is 14.1. The first-order valence-corrected chi connectivity index (χ1v) is 6.77. The predicted octanol–water partition coefficient (Wildman–Crippen LogP) is 3.73. The lowest BCUT2D eigenvalue weighted by atomic mass is 9.87. The molecule has 6 heteroatoms. The van der Waals surface area contributed by atoms with E-state index in [-0.39, 0.29) is 11.1 Å². The molecule has 0 amide bonds. The Kier molecular flexibility index (Phi) is 2.88. The van der Waals surface area contributed by atoms with E-state index in [2.05, 4.69) is 24.1 Å². The van der Waals surface area contributed by atoms with E-state index < -0.39 is 4.92 Å². The third-order valence-corrected chi connectivity index (χ3v) is 4.14. The van der Waals surface area contributed by atoms with Crippen LogP contribution >= 0.6 is 0 Å². The smallest absolute Gasteiger partial charge is 0.295 e. The third-order valence-electron chi connectivity index (χ3n) is 4.14. The van der Waals surface area contributed by atoms with Crippen LogP contribution in [0.4, 0.5) is 11.7 Å². The van der Waals surface area contributed by atoms with Gasteiger partial charge in [-0.25, -0.2) is 0 Å². The lowest BCUT2D eigenvalue weighted by Crippen LogP contribution is -2.30. The molecule has 1 atom stereocenters. The van der Waals surface area contributed by atoms with E-state index in [1.165, 1.54) is 25.0 Å². The van der Waals surface area contributed by atoms with Crippen LogP contribution in [-0.4, -0.2) is 15.9 Å². The molecule has 0 radical (unpaired) electrons. The van der Waals surface area contributed by atoms with Crippen molar-refractivity contribution in [3.05, 3.63) is 28.3 Å². The van der Waals surface area contributed by atoms with Gasteiger partial charge in [0.1, 0.15) is 5.52 Å². The van der Waals surface area contributed by atoms with E-state index in [1.807, 2.05) is 0 Å². The Bertz CT molecular complexity index is 663. The summed E-state index contributed by atoms with van der Waals surface area (Å²) >= 11 is 0. The second-order valence-corrected chi connectivity index (χ2v) is 6.01. The van der Waals surface area contributed by atoms with Crippen LogP contribution in [0, 0.1) is 15.5 Å². The fraction of sp³-hybridized carbons (Fsp3) is 0.500. The molecule has 0 saturated heterocycles. The molecule has 1 unspecified atom stereocenters. The fourth-order valence-corrected chi connectivity index (χ4v) is 2.83. The van der Waals surface area contributed by atoms with Gasteiger partial charge in [0, 0.05) is 12.1 Å². The molecule has 2 aromatic rings. The molecule has 0 bridgehead atoms. The quantitative estimate of drug-likeness (QED) is 0.681. The van der Waals surface area contributed by atoms with Crippen LogP contribution in [0.25, 0.3) is 11.1 Å². The largest absolute Gasteiger partial charge is 0.423 e. The number of nitrogens with one attached hydrogen (secondary N) is 1. The topological polar surface area (TPSA) is 81.2 Å². The number of nitro groups is 1. The van der Waals surface area contributed by atoms with Gasteiger partial charge in [0.05, 0.1) is 11.0 Å². The van der Waals surface area contributed by atoms with Crippen molar-refractivity contribution in [2.45, 2.75) is 39.2 Å². The number of anilines is 1. The standard InChI is InChI=1S/C14H17N3O3/c1-14(2)7-3-4-12(14)16-13-15-10-6-5-9(17(18)19)8-11(10)20-13/h5-6,8,12H,3-4,7H2,1-2H3,(H,15,16). The number of nitrogens with zero attached hydrogens (tertiary/aromatic N) is 2. The third kappa shape index (κ3) is 2.21. The number of benzene rings is 1. The maximum atomic E-state index is 10.7. The molecule has 1 heterocycles. The van der Waals surface area contributed by atoms with Crippen LogP contribution in [-0.2, 0) is 0 Å². The lowest BCUT2D eigenvalue weighted by Gasteiger charge is -2.26. The Morgan fingerprint density at radius 1 is 1.50 bits per heavy atom. The second-order valence-electron chi connectivity index (χ2n) is 6.01. The summed E-state index contributed by atoms with van der Waals surface area (Å²) in [4.78, 5) is 14.6. The summed E-state index contributed by atoms with van der Waals surface area (Å²) in [7, 11) is 0. The van der Waals surface area contributed by atoms with Crippen molar-refractivity contribution in [2.75, 3.05) is 5.32 Å². The van der Waals surface area contributed by atoms with Crippen LogP contribution in [0.1, 0.15) is 33.1 Å². The minimum atomic E-state index is -0.435. The number of non-ortho nitro benzene ring substituents is 1. The molecule has 106 valence electrons. The van der Waals surface area contributed by atoms with Gasteiger partial charge in [-0.15, -0.1) is 0 Å². The van der Waals surface area contributed by atoms with Crippen molar-refractivity contribution in [3.63, 3.8) is 0 Å². The summed E-state index contributed by atoms with van der Waals surface area (Å²) in [5.74, 6) is 0. The van der Waals surface area contributed by atoms with Crippen molar-refractivity contribution in [1.29, 1.82) is 0 Å². The van der Waals surface area contributed by atoms with Gasteiger partial charge in [0.2, 0.25) is 0 Å². The Hall–Kier alpha value is -2.11. The van der Waals surface area contributed by atoms with Gasteiger partial charge in [-0.2, -0.15) is 4.98 Å². The summed E-state index contributed by atoms with van der Waals surface area (Å²) in [5.41, 5.74) is 1.31. The predicted molar refractivity (Wildman–Crippen MR) is 75.7 cm³/mol. The van der Waals surface area contributed by atoms with Gasteiger partial charge < -0.3 is 9.73 Å². The number of hydrogen-bond donors (Lipinski definition) is 1. The number of hydrogen-bond acceptors (Lipinski definition) is 5. The van der Waals surface area contributed by atoms with Crippen LogP contribution in [0.3, 0.4) is 0 Å². The molecule has 1 fully saturated rings. The number of aromatic nitrogens is 1. The van der Waals surface area contributed by atoms with Gasteiger partial charge >= 0.3 is 0 Å². The zero-order valence-electron chi connectivity index (χ0n) is 11.5. The van der Waals surface area contributed by atoms with E-state index in [9.17, 15) is 10.1 Å². The Balaban J connectivity index is 1.88. The molecule has 1 aliphatic carbocycles. The average Bonchev–Trinajstić information content (AvgIpc) is 2.92. The van der Waals surface area contributed by atoms with Crippen molar-refractivity contribution in [3.8, 4) is 0 Å². The van der Waals surface area contributed by atoms with E-state index >= 15 is 0 Å². The molecular weight excluding hydrogens is 258 g/mol. The van der Waals surface area contributed by atoms with E-state index in [4.69, 9.17) is 4.42 Å². The van der Waals surface area contributed by atoms with Crippen LogP contribution in [0.5, 0.6) is 0 Å². The van der Waals surface area contributed by atoms with Crippen molar-refractivity contribution in [1.82, 2.24) is 4.98 Å². The average molecular weight is 275 g/mol. The van der Waals surface area contributed by atoms with E-state index in [0.29, 0.717) is 23.2 Å². The molecule has 6 nitrogen and oxygen atoms in total. The molecule has 1 aromatic carbocycles. The first-order chi connectivity index (χ1) is 9.45. The summed E-state index contributed by atoms with van der Waals surface area (Å²) in [6.45, 7) is 4.45. The zero-order chi connectivity index (χ0) is 14.3. The highest BCUT2D eigenvalue weighted by atomic mass is 16.6. The number of oxazole rings is 1. The van der Waals surface area contributed by atoms with Gasteiger partial charge in [0.15, 0.2) is 5.58 Å². The van der Waals surface area contributed by atoms with Crippen molar-refractivity contribution >= 4 is 22.8 Å². The summed E-state index contributed by atoms with van der Waals surface area (Å²) in [6, 6.07) is 5.23. The minimum Gasteiger partial charge on any atom is -0.423 e. The molecule has 3 rings (SSSR count). The SMILES string of the molecule is CC1(C)CCCC1Nc1nc2ccc([N+](=O)[O-])cc2o1. The Morgan fingerprint density at radius 2 is 2.30 bits per heavy atom. The highest BCUT2D eigenvalue weighted by molar-refractivity contribution is 5.77. The fourth-order valence-electron chi connectivity index (χ4n) is 2.83. The van der Waals surface area contributed by atoms with Crippen LogP contribution in [0.15, 0.2) is 22.6 Å². The molecule has 1 aromatic heterocycles. The first-order valence-electron chi connectivity index (χ1n) is 6.77. The van der Waals surface area contributed by atoms with Gasteiger partial charge in [-0.3, -0.25) is 10.1 Å². The number of rotatable bonds is 3. The lowest BCUT2D eigenvalue weighted by molar-refractivity contribution is -0.384. The minimum absolute atomic E-state index is 0.0152. The molecule has 1 N–H and O–H groups in total. The highest BCUT2D eigenvalue weighted by Gasteiger charge is 2.35. The van der Waals surface area contributed by atoms with Crippen molar-refractivity contribution < 1.29 is 9.34 Å². The molecule has 20 heavy (non-hydrogen) atoms. The van der Waals surface area contributed by atoms with Crippen LogP contribution < -0.4 is 5.32 Å². The maximum Gasteiger partial charge on any atom is 0.295 e. The normalized spacial score (nSPS) is 21.2. The zero-order valence-corrected chi connectivity index (χ0v) is 11.5. The number of nitro benzene ring substituents is 1. The second kappa shape index (κ2) is 4.47. The van der Waals surface area contributed by atoms with Gasteiger partial charge in [0.25, 0.3) is 11.7 Å². The van der Waals surface area contributed by atoms with Gasteiger partial charge in [-0.05, 0) is 24.3 Å². The summed E-state index contributed by atoms with van der Waals surface area (Å²) < 4.78 is 5.59. The van der Waals surface area contributed by atoms with Crippen molar-refractivity contribution in [2.24, 2.45) is 5.41 Å². The van der Waals surface area contributed by atoms with Gasteiger partial charge in [-0.1, -0.05) is 20.3 Å². The maximum absolute atomic E-state index is 10.7. The molecular formula is C14H17N3O3. The molecule has 0 aliphatic heterocycles.